The number of aromatic nitrogens is 2. The zero-order valence-electron chi connectivity index (χ0n) is 31.5. The molecular weight excluding hydrogens is 735 g/mol. The summed E-state index contributed by atoms with van der Waals surface area (Å²) in [5, 5.41) is 0. The number of fused-ring (bicyclic) bond motifs is 2. The molecule has 2 aromatic heterocycles. The zero-order valence-corrected chi connectivity index (χ0v) is 33.0. The molecule has 0 spiro atoms. The number of benzene rings is 2. The Morgan fingerprint density at radius 2 is 0.741 bits per heavy atom. The highest BCUT2D eigenvalue weighted by atomic mass is 35.7. The van der Waals surface area contributed by atoms with Crippen molar-refractivity contribution in [3.8, 4) is 0 Å². The Morgan fingerprint density at radius 3 is 1.04 bits per heavy atom. The lowest BCUT2D eigenvalue weighted by molar-refractivity contribution is -2.00. The van der Waals surface area contributed by atoms with Crippen LogP contribution in [0.4, 0.5) is 0 Å². The Kier molecular flexibility index (Phi) is 13.5. The molecule has 2 aliphatic carbocycles. The molecule has 6 aliphatic rings. The molecule has 54 heavy (non-hydrogen) atoms. The fourth-order valence-corrected chi connectivity index (χ4v) is 9.87. The van der Waals surface area contributed by atoms with E-state index in [1.807, 2.05) is 0 Å². The summed E-state index contributed by atoms with van der Waals surface area (Å²) in [6, 6.07) is 33.7. The van der Waals surface area contributed by atoms with Gasteiger partial charge in [-0.25, -0.2) is 37.3 Å². The molecule has 2 aromatic carbocycles. The molecular formula is C40H50Cl2N4O8. The summed E-state index contributed by atoms with van der Waals surface area (Å²) in [5.74, 6) is 2.27. The lowest BCUT2D eigenvalue weighted by Gasteiger charge is -2.48. The third kappa shape index (κ3) is 8.81. The first-order valence-corrected chi connectivity index (χ1v) is 20.9. The van der Waals surface area contributed by atoms with Gasteiger partial charge in [0, 0.05) is 59.3 Å². The molecule has 4 aliphatic heterocycles. The number of nitrogens with zero attached hydrogens (tertiary/aromatic N) is 4. The summed E-state index contributed by atoms with van der Waals surface area (Å²) in [7, 11) is -9.89. The topological polar surface area (TPSA) is 199 Å². The number of likely N-dealkylation sites (N-methyl/N-ethyl adjacent to an activating group) is 2. The number of rotatable bonds is 6. The number of hydrogen-bond acceptors (Lipinski definition) is 10. The minimum absolute atomic E-state index is 0.475. The van der Waals surface area contributed by atoms with Crippen LogP contribution in [0.2, 0.25) is 0 Å². The van der Waals surface area contributed by atoms with Gasteiger partial charge in [0.2, 0.25) is 0 Å². The SMILES string of the molecule is CCN(CC)C1C2c3ccccc3C(C1C)[n+]1ccccc12.CCN(CC)C1C2c3ccccc3C(C1C)[n+]1ccccc12.[O-][Cl+3]([O-])([O-])[O-].[O-][Cl+3]([O-])([O-])[O-]. The third-order valence-corrected chi connectivity index (χ3v) is 11.6. The van der Waals surface area contributed by atoms with E-state index in [-0.39, 0.29) is 0 Å². The first-order valence-electron chi connectivity index (χ1n) is 18.4. The van der Waals surface area contributed by atoms with Gasteiger partial charge < -0.3 is 0 Å². The molecule has 10 rings (SSSR count). The second-order valence-corrected chi connectivity index (χ2v) is 15.6. The van der Waals surface area contributed by atoms with Crippen LogP contribution in [0.1, 0.15) is 99.1 Å². The molecule has 4 bridgehead atoms. The fraction of sp³-hybridized carbons (Fsp3) is 0.450. The highest BCUT2D eigenvalue weighted by Crippen LogP contribution is 2.51. The molecule has 0 N–H and O–H groups in total. The largest absolute Gasteiger partial charge is 0.299 e. The van der Waals surface area contributed by atoms with Crippen LogP contribution in [0.25, 0.3) is 0 Å². The minimum Gasteiger partial charge on any atom is -0.299 e. The van der Waals surface area contributed by atoms with Gasteiger partial charge in [-0.05, 0) is 37.3 Å². The Bertz CT molecular complexity index is 1610. The first kappa shape index (κ1) is 42.1. The van der Waals surface area contributed by atoms with Crippen molar-refractivity contribution >= 4 is 0 Å². The first-order chi connectivity index (χ1) is 25.5. The van der Waals surface area contributed by atoms with Crippen LogP contribution >= 0.6 is 0 Å². The maximum absolute atomic E-state index is 8.49. The quantitative estimate of drug-likeness (QED) is 0.185. The Balaban J connectivity index is 0.000000167. The Labute approximate surface area is 322 Å². The van der Waals surface area contributed by atoms with Gasteiger partial charge in [-0.3, -0.25) is 9.80 Å². The van der Waals surface area contributed by atoms with Crippen molar-refractivity contribution in [2.45, 2.75) is 77.5 Å². The predicted octanol–water partition coefficient (Wildman–Crippen LogP) is -2.77. The van der Waals surface area contributed by atoms with Crippen LogP contribution in [-0.4, -0.2) is 48.1 Å². The van der Waals surface area contributed by atoms with Gasteiger partial charge in [0.25, 0.3) is 0 Å². The minimum atomic E-state index is -4.94. The second kappa shape index (κ2) is 17.4. The average Bonchev–Trinajstić information content (AvgIpc) is 3.13. The third-order valence-electron chi connectivity index (χ3n) is 11.6. The number of halogens is 2. The van der Waals surface area contributed by atoms with Crippen LogP contribution in [0, 0.1) is 32.3 Å². The van der Waals surface area contributed by atoms with Gasteiger partial charge in [-0.2, -0.15) is 9.13 Å². The number of pyridine rings is 2. The van der Waals surface area contributed by atoms with Gasteiger partial charge in [-0.1, -0.05) is 102 Å². The Hall–Kier alpha value is -3.08. The molecule has 0 fully saturated rings. The summed E-state index contributed by atoms with van der Waals surface area (Å²) < 4.78 is 73.0. The summed E-state index contributed by atoms with van der Waals surface area (Å²) >= 11 is 0. The van der Waals surface area contributed by atoms with Crippen molar-refractivity contribution in [2.24, 2.45) is 11.8 Å². The van der Waals surface area contributed by atoms with Gasteiger partial charge >= 0.3 is 0 Å². The van der Waals surface area contributed by atoms with Crippen molar-refractivity contribution in [3.05, 3.63) is 131 Å². The lowest BCUT2D eigenvalue weighted by atomic mass is 9.65. The van der Waals surface area contributed by atoms with E-state index in [0.717, 1.165) is 26.2 Å². The molecule has 292 valence electrons. The highest BCUT2D eigenvalue weighted by molar-refractivity contribution is 5.44. The van der Waals surface area contributed by atoms with Crippen LogP contribution in [0.3, 0.4) is 0 Å². The predicted molar refractivity (Wildman–Crippen MR) is 178 cm³/mol. The van der Waals surface area contributed by atoms with E-state index in [2.05, 4.69) is 158 Å². The summed E-state index contributed by atoms with van der Waals surface area (Å²) in [6.45, 7) is 18.6. The molecule has 8 atom stereocenters. The van der Waals surface area contributed by atoms with Crippen molar-refractivity contribution in [1.29, 1.82) is 0 Å². The zero-order chi connectivity index (χ0) is 39.5. The van der Waals surface area contributed by atoms with Crippen LogP contribution in [-0.2, 0) is 0 Å². The monoisotopic (exact) mass is 784 g/mol. The normalized spacial score (nSPS) is 25.5. The van der Waals surface area contributed by atoms with E-state index in [4.69, 9.17) is 37.3 Å². The van der Waals surface area contributed by atoms with Gasteiger partial charge in [0.1, 0.15) is 0 Å². The summed E-state index contributed by atoms with van der Waals surface area (Å²) in [5.41, 5.74) is 9.14. The van der Waals surface area contributed by atoms with Gasteiger partial charge in [0.15, 0.2) is 35.9 Å². The number of hydrogen-bond donors (Lipinski definition) is 0. The summed E-state index contributed by atoms with van der Waals surface area (Å²) in [4.78, 5) is 5.32. The van der Waals surface area contributed by atoms with Crippen molar-refractivity contribution < 1.29 is 66.9 Å². The van der Waals surface area contributed by atoms with Crippen LogP contribution < -0.4 is 46.4 Å². The van der Waals surface area contributed by atoms with E-state index >= 15 is 0 Å². The molecule has 0 radical (unpaired) electrons. The van der Waals surface area contributed by atoms with Crippen molar-refractivity contribution in [3.63, 3.8) is 0 Å². The van der Waals surface area contributed by atoms with Crippen LogP contribution in [0.5, 0.6) is 0 Å². The summed E-state index contributed by atoms with van der Waals surface area (Å²) in [6.07, 6.45) is 4.55. The standard InChI is InChI=1S/2C20H25N2.2ClHO4/c2*1-4-21(5-2)20-14(3)19-16-11-7-6-10-15(16)18(20)17-12-8-9-13-22(17)19;2*2-1(3,4)5/h2*6-14,18-20H,4-5H2,1-3H3;2*(H,2,3,4,5)/q2*+1;;/p-2. The van der Waals surface area contributed by atoms with E-state index in [1.165, 1.54) is 22.5 Å². The van der Waals surface area contributed by atoms with E-state index < -0.39 is 20.5 Å². The maximum Gasteiger partial charge on any atom is 0.191 e. The van der Waals surface area contributed by atoms with Crippen molar-refractivity contribution in [2.75, 3.05) is 26.2 Å². The molecule has 6 heterocycles. The van der Waals surface area contributed by atoms with E-state index in [1.54, 1.807) is 11.1 Å². The smallest absolute Gasteiger partial charge is 0.191 e. The average molecular weight is 786 g/mol. The highest BCUT2D eigenvalue weighted by Gasteiger charge is 2.56. The molecule has 14 heteroatoms. The van der Waals surface area contributed by atoms with Crippen molar-refractivity contribution in [1.82, 2.24) is 9.80 Å². The van der Waals surface area contributed by atoms with Crippen LogP contribution in [0.15, 0.2) is 97.3 Å². The van der Waals surface area contributed by atoms with E-state index in [9.17, 15) is 0 Å². The second-order valence-electron chi connectivity index (χ2n) is 14.1. The molecule has 0 amide bonds. The molecule has 12 nitrogen and oxygen atoms in total. The molecule has 0 saturated heterocycles. The van der Waals surface area contributed by atoms with Gasteiger partial charge in [0.05, 0.1) is 11.8 Å². The Morgan fingerprint density at radius 1 is 0.463 bits per heavy atom. The maximum atomic E-state index is 8.49. The lowest BCUT2D eigenvalue weighted by Crippen LogP contribution is -2.68. The molecule has 4 aromatic rings. The molecule has 0 saturated carbocycles. The van der Waals surface area contributed by atoms with Gasteiger partial charge in [-0.15, -0.1) is 20.5 Å². The fourth-order valence-electron chi connectivity index (χ4n) is 9.87. The molecule has 8 unspecified atom stereocenters. The van der Waals surface area contributed by atoms with E-state index in [0.29, 0.717) is 47.8 Å².